The van der Waals surface area contributed by atoms with E-state index in [0.29, 0.717) is 6.04 Å². The third-order valence-corrected chi connectivity index (χ3v) is 4.20. The van der Waals surface area contributed by atoms with E-state index in [4.69, 9.17) is 4.42 Å². The molecule has 19 heavy (non-hydrogen) atoms. The van der Waals surface area contributed by atoms with E-state index in [0.717, 1.165) is 28.9 Å². The van der Waals surface area contributed by atoms with Crippen LogP contribution in [0.1, 0.15) is 44.8 Å². The first-order valence-electron chi connectivity index (χ1n) is 6.94. The summed E-state index contributed by atoms with van der Waals surface area (Å²) in [5.74, 6) is 0.832. The van der Waals surface area contributed by atoms with Crippen molar-refractivity contribution >= 4 is 34.6 Å². The average molecular weight is 373 g/mol. The predicted molar refractivity (Wildman–Crippen MR) is 84.7 cm³/mol. The van der Waals surface area contributed by atoms with Gasteiger partial charge < -0.3 is 9.32 Å². The number of nitrogens with zero attached hydrogens (tertiary/aromatic N) is 1. The summed E-state index contributed by atoms with van der Waals surface area (Å²) in [4.78, 5) is 14.2. The van der Waals surface area contributed by atoms with Gasteiger partial charge in [0.15, 0.2) is 3.77 Å². The highest BCUT2D eigenvalue weighted by Crippen LogP contribution is 2.23. The van der Waals surface area contributed by atoms with Gasteiger partial charge in [0.25, 0.3) is 0 Å². The number of hydrogen-bond donors (Lipinski definition) is 0. The van der Waals surface area contributed by atoms with Crippen LogP contribution in [0.4, 0.5) is 0 Å². The maximum absolute atomic E-state index is 12.2. The standard InChI is InChI=1S/C15H20INO2/c1-2-17(12-6-4-3-5-7-12)15(18)11-9-13-8-10-14(16)19-13/h8-12H,2-7H2,1H3/b11-9+. The summed E-state index contributed by atoms with van der Waals surface area (Å²) in [7, 11) is 0. The lowest BCUT2D eigenvalue weighted by molar-refractivity contribution is -0.128. The number of amides is 1. The van der Waals surface area contributed by atoms with Crippen molar-refractivity contribution < 1.29 is 9.21 Å². The van der Waals surface area contributed by atoms with Crippen molar-refractivity contribution in [2.45, 2.75) is 45.1 Å². The molecule has 0 N–H and O–H groups in total. The molecular formula is C15H20INO2. The Hall–Kier alpha value is -0.780. The SMILES string of the molecule is CCN(C(=O)/C=C/c1ccc(I)o1)C1CCCCC1. The predicted octanol–water partition coefficient (Wildman–Crippen LogP) is 4.08. The molecule has 1 aromatic rings. The highest BCUT2D eigenvalue weighted by Gasteiger charge is 2.22. The number of likely N-dealkylation sites (N-methyl/N-ethyl adjacent to an activating group) is 1. The number of carbonyl (C=O) groups is 1. The molecule has 0 spiro atoms. The molecular weight excluding hydrogens is 353 g/mol. The van der Waals surface area contributed by atoms with Crippen LogP contribution in [0.2, 0.25) is 0 Å². The van der Waals surface area contributed by atoms with E-state index in [-0.39, 0.29) is 5.91 Å². The Labute approximate surface area is 128 Å². The van der Waals surface area contributed by atoms with Gasteiger partial charge in [-0.15, -0.1) is 0 Å². The lowest BCUT2D eigenvalue weighted by Crippen LogP contribution is -2.40. The third-order valence-electron chi connectivity index (χ3n) is 3.62. The zero-order chi connectivity index (χ0) is 13.7. The fourth-order valence-corrected chi connectivity index (χ4v) is 3.09. The lowest BCUT2D eigenvalue weighted by Gasteiger charge is -2.32. The van der Waals surface area contributed by atoms with Crippen molar-refractivity contribution in [3.05, 3.63) is 27.7 Å². The van der Waals surface area contributed by atoms with Crippen molar-refractivity contribution in [3.8, 4) is 0 Å². The Morgan fingerprint density at radius 3 is 2.74 bits per heavy atom. The number of rotatable bonds is 4. The summed E-state index contributed by atoms with van der Waals surface area (Å²) in [6.45, 7) is 2.83. The van der Waals surface area contributed by atoms with E-state index in [2.05, 4.69) is 29.5 Å². The smallest absolute Gasteiger partial charge is 0.246 e. The Balaban J connectivity index is 1.98. The Kier molecular flexibility index (Phi) is 5.48. The maximum atomic E-state index is 12.2. The first-order chi connectivity index (χ1) is 9.20. The molecule has 1 amide bonds. The Morgan fingerprint density at radius 1 is 1.42 bits per heavy atom. The number of carbonyl (C=O) groups excluding carboxylic acids is 1. The van der Waals surface area contributed by atoms with Crippen LogP contribution in [-0.2, 0) is 4.79 Å². The fourth-order valence-electron chi connectivity index (χ4n) is 2.65. The topological polar surface area (TPSA) is 33.5 Å². The van der Waals surface area contributed by atoms with E-state index < -0.39 is 0 Å². The highest BCUT2D eigenvalue weighted by atomic mass is 127. The van der Waals surface area contributed by atoms with Crippen molar-refractivity contribution in [2.75, 3.05) is 6.54 Å². The first-order valence-corrected chi connectivity index (χ1v) is 8.02. The number of halogens is 1. The minimum Gasteiger partial charge on any atom is -0.451 e. The maximum Gasteiger partial charge on any atom is 0.246 e. The molecule has 0 aromatic carbocycles. The molecule has 0 aliphatic heterocycles. The van der Waals surface area contributed by atoms with Gasteiger partial charge in [0.05, 0.1) is 0 Å². The molecule has 4 heteroatoms. The molecule has 0 saturated heterocycles. The summed E-state index contributed by atoms with van der Waals surface area (Å²) in [6.07, 6.45) is 9.48. The molecule has 2 rings (SSSR count). The molecule has 1 aliphatic rings. The first kappa shape index (κ1) is 14.6. The molecule has 0 unspecified atom stereocenters. The van der Waals surface area contributed by atoms with Gasteiger partial charge in [-0.1, -0.05) is 19.3 Å². The van der Waals surface area contributed by atoms with Crippen LogP contribution >= 0.6 is 22.6 Å². The molecule has 0 bridgehead atoms. The van der Waals surface area contributed by atoms with Gasteiger partial charge in [-0.3, -0.25) is 4.79 Å². The minimum atomic E-state index is 0.0980. The second-order valence-corrected chi connectivity index (χ2v) is 5.95. The molecule has 3 nitrogen and oxygen atoms in total. The number of hydrogen-bond acceptors (Lipinski definition) is 2. The summed E-state index contributed by atoms with van der Waals surface area (Å²) in [5, 5.41) is 0. The van der Waals surface area contributed by atoms with Crippen molar-refractivity contribution in [1.82, 2.24) is 4.90 Å². The second-order valence-electron chi connectivity index (χ2n) is 4.89. The van der Waals surface area contributed by atoms with Crippen LogP contribution in [0.25, 0.3) is 6.08 Å². The van der Waals surface area contributed by atoms with E-state index in [1.54, 1.807) is 12.2 Å². The van der Waals surface area contributed by atoms with Crippen LogP contribution in [0, 0.1) is 3.77 Å². The normalized spacial score (nSPS) is 16.9. The Bertz CT molecular complexity index is 447. The third kappa shape index (κ3) is 4.09. The Morgan fingerprint density at radius 2 is 2.16 bits per heavy atom. The van der Waals surface area contributed by atoms with Crippen molar-refractivity contribution in [3.63, 3.8) is 0 Å². The summed E-state index contributed by atoms with van der Waals surface area (Å²) < 4.78 is 6.26. The summed E-state index contributed by atoms with van der Waals surface area (Å²) in [6, 6.07) is 4.19. The van der Waals surface area contributed by atoms with Crippen molar-refractivity contribution in [2.24, 2.45) is 0 Å². The van der Waals surface area contributed by atoms with Crippen LogP contribution in [0.15, 0.2) is 22.6 Å². The molecule has 1 saturated carbocycles. The van der Waals surface area contributed by atoms with Gasteiger partial charge in [0.1, 0.15) is 5.76 Å². The zero-order valence-corrected chi connectivity index (χ0v) is 13.4. The molecule has 1 fully saturated rings. The fraction of sp³-hybridized carbons (Fsp3) is 0.533. The lowest BCUT2D eigenvalue weighted by atomic mass is 9.94. The molecule has 104 valence electrons. The molecule has 1 heterocycles. The monoisotopic (exact) mass is 373 g/mol. The molecule has 0 atom stereocenters. The van der Waals surface area contributed by atoms with Crippen LogP contribution in [0.3, 0.4) is 0 Å². The zero-order valence-electron chi connectivity index (χ0n) is 11.3. The summed E-state index contributed by atoms with van der Waals surface area (Å²) >= 11 is 2.12. The minimum absolute atomic E-state index is 0.0980. The van der Waals surface area contributed by atoms with Gasteiger partial charge in [-0.2, -0.15) is 0 Å². The van der Waals surface area contributed by atoms with Crippen LogP contribution < -0.4 is 0 Å². The van der Waals surface area contributed by atoms with Gasteiger partial charge in [0, 0.05) is 18.7 Å². The molecule has 1 aromatic heterocycles. The average Bonchev–Trinajstić information content (AvgIpc) is 2.84. The second kappa shape index (κ2) is 7.12. The quantitative estimate of drug-likeness (QED) is 0.589. The number of furan rings is 1. The van der Waals surface area contributed by atoms with E-state index in [9.17, 15) is 4.79 Å². The van der Waals surface area contributed by atoms with Crippen LogP contribution in [-0.4, -0.2) is 23.4 Å². The van der Waals surface area contributed by atoms with Gasteiger partial charge >= 0.3 is 0 Å². The molecule has 0 radical (unpaired) electrons. The van der Waals surface area contributed by atoms with E-state index in [1.807, 2.05) is 17.0 Å². The van der Waals surface area contributed by atoms with E-state index >= 15 is 0 Å². The van der Waals surface area contributed by atoms with Crippen molar-refractivity contribution in [1.29, 1.82) is 0 Å². The van der Waals surface area contributed by atoms with Gasteiger partial charge in [-0.05, 0) is 60.6 Å². The highest BCUT2D eigenvalue weighted by molar-refractivity contribution is 14.1. The molecule has 1 aliphatic carbocycles. The van der Waals surface area contributed by atoms with Gasteiger partial charge in [0.2, 0.25) is 5.91 Å². The van der Waals surface area contributed by atoms with Gasteiger partial charge in [-0.25, -0.2) is 0 Å². The largest absolute Gasteiger partial charge is 0.451 e. The summed E-state index contributed by atoms with van der Waals surface area (Å²) in [5.41, 5.74) is 0. The van der Waals surface area contributed by atoms with Crippen LogP contribution in [0.5, 0.6) is 0 Å². The van der Waals surface area contributed by atoms with E-state index in [1.165, 1.54) is 19.3 Å².